The Bertz CT molecular complexity index is 777. The zero-order valence-corrected chi connectivity index (χ0v) is 17.6. The zero-order chi connectivity index (χ0) is 18.3. The lowest BCUT2D eigenvalue weighted by Gasteiger charge is -2.18. The summed E-state index contributed by atoms with van der Waals surface area (Å²) in [5.74, 6) is 0.364. The van der Waals surface area contributed by atoms with Crippen LogP contribution in [0.4, 0.5) is 0 Å². The highest BCUT2D eigenvalue weighted by molar-refractivity contribution is 9.10. The van der Waals surface area contributed by atoms with Crippen molar-refractivity contribution in [3.63, 3.8) is 0 Å². The van der Waals surface area contributed by atoms with Crippen molar-refractivity contribution in [1.29, 1.82) is 0 Å². The number of thioether (sulfide) groups is 1. The van der Waals surface area contributed by atoms with Crippen LogP contribution < -0.4 is 10.0 Å². The molecule has 1 atom stereocenters. The fourth-order valence-electron chi connectivity index (χ4n) is 2.06. The summed E-state index contributed by atoms with van der Waals surface area (Å²) in [6.07, 6.45) is 2.34. The van der Waals surface area contributed by atoms with Gasteiger partial charge in [0, 0.05) is 9.35 Å². The molecule has 1 unspecified atom stereocenters. The highest BCUT2D eigenvalue weighted by atomic mass is 79.9. The number of amides is 1. The van der Waals surface area contributed by atoms with Gasteiger partial charge in [0.1, 0.15) is 6.04 Å². The maximum absolute atomic E-state index is 12.5. The molecule has 0 aliphatic heterocycles. The normalized spacial score (nSPS) is 12.7. The minimum atomic E-state index is -3.76. The van der Waals surface area contributed by atoms with E-state index in [1.807, 2.05) is 23.8 Å². The van der Waals surface area contributed by atoms with E-state index in [-0.39, 0.29) is 10.8 Å². The van der Waals surface area contributed by atoms with Gasteiger partial charge in [0.2, 0.25) is 15.9 Å². The molecule has 9 heteroatoms. The van der Waals surface area contributed by atoms with Crippen LogP contribution in [0.1, 0.15) is 11.3 Å². The largest absolute Gasteiger partial charge is 0.350 e. The number of nitrogens with one attached hydrogen (secondary N) is 2. The van der Waals surface area contributed by atoms with E-state index < -0.39 is 16.1 Å². The summed E-state index contributed by atoms with van der Waals surface area (Å²) in [6, 6.07) is 9.34. The van der Waals surface area contributed by atoms with Crippen LogP contribution in [0, 0.1) is 0 Å². The molecule has 0 bridgehead atoms. The van der Waals surface area contributed by atoms with Crippen molar-refractivity contribution in [2.75, 3.05) is 12.0 Å². The molecule has 1 amide bonds. The number of thiophene rings is 1. The van der Waals surface area contributed by atoms with E-state index in [0.717, 1.165) is 9.35 Å². The molecule has 0 saturated heterocycles. The lowest BCUT2D eigenvalue weighted by molar-refractivity contribution is -0.122. The van der Waals surface area contributed by atoms with Gasteiger partial charge >= 0.3 is 0 Å². The first-order chi connectivity index (χ1) is 11.9. The van der Waals surface area contributed by atoms with Crippen LogP contribution in [0.25, 0.3) is 0 Å². The van der Waals surface area contributed by atoms with Crippen LogP contribution in [0.15, 0.2) is 51.1 Å². The zero-order valence-electron chi connectivity index (χ0n) is 13.6. The fourth-order valence-corrected chi connectivity index (χ4v) is 4.67. The molecule has 0 spiro atoms. The van der Waals surface area contributed by atoms with Crippen molar-refractivity contribution < 1.29 is 13.2 Å². The fraction of sp³-hybridized carbons (Fsp3) is 0.312. The predicted octanol–water partition coefficient (Wildman–Crippen LogP) is 3.23. The highest BCUT2D eigenvalue weighted by Gasteiger charge is 2.25. The SMILES string of the molecule is CSCCC(NS(=O)(=O)c1ccc(Br)cc1)C(=O)NCc1cccs1. The van der Waals surface area contributed by atoms with Crippen molar-refractivity contribution in [3.8, 4) is 0 Å². The Labute approximate surface area is 164 Å². The highest BCUT2D eigenvalue weighted by Crippen LogP contribution is 2.16. The summed E-state index contributed by atoms with van der Waals surface area (Å²) in [5.41, 5.74) is 0. The number of hydrogen-bond acceptors (Lipinski definition) is 5. The van der Waals surface area contributed by atoms with E-state index in [1.54, 1.807) is 35.2 Å². The molecular formula is C16H19BrN2O3S3. The van der Waals surface area contributed by atoms with E-state index in [0.29, 0.717) is 18.7 Å². The third-order valence-corrected chi connectivity index (χ3v) is 6.90. The number of hydrogen-bond donors (Lipinski definition) is 2. The second-order valence-electron chi connectivity index (χ2n) is 5.21. The minimum absolute atomic E-state index is 0.135. The van der Waals surface area contributed by atoms with Crippen molar-refractivity contribution in [3.05, 3.63) is 51.1 Å². The van der Waals surface area contributed by atoms with Gasteiger partial charge in [0.25, 0.3) is 0 Å². The Morgan fingerprint density at radius 3 is 2.60 bits per heavy atom. The quantitative estimate of drug-likeness (QED) is 0.599. The van der Waals surface area contributed by atoms with Gasteiger partial charge in [-0.2, -0.15) is 16.5 Å². The third kappa shape index (κ3) is 6.41. The molecule has 0 fully saturated rings. The first-order valence-corrected chi connectivity index (χ1v) is 12.0. The summed E-state index contributed by atoms with van der Waals surface area (Å²) >= 11 is 6.39. The Balaban J connectivity index is 2.07. The van der Waals surface area contributed by atoms with Gasteiger partial charge in [-0.1, -0.05) is 22.0 Å². The minimum Gasteiger partial charge on any atom is -0.350 e. The summed E-state index contributed by atoms with van der Waals surface area (Å²) in [4.78, 5) is 13.6. The lowest BCUT2D eigenvalue weighted by Crippen LogP contribution is -2.46. The van der Waals surface area contributed by atoms with Crippen molar-refractivity contribution in [1.82, 2.24) is 10.0 Å². The first kappa shape index (κ1) is 20.4. The smallest absolute Gasteiger partial charge is 0.241 e. The molecule has 1 aromatic heterocycles. The molecule has 1 aromatic carbocycles. The van der Waals surface area contributed by atoms with Crippen molar-refractivity contribution in [2.24, 2.45) is 0 Å². The summed E-state index contributed by atoms with van der Waals surface area (Å²) in [7, 11) is -3.76. The lowest BCUT2D eigenvalue weighted by atomic mass is 10.2. The average molecular weight is 463 g/mol. The second kappa shape index (κ2) is 9.72. The average Bonchev–Trinajstić information content (AvgIpc) is 3.10. The maximum Gasteiger partial charge on any atom is 0.241 e. The number of halogens is 1. The van der Waals surface area contributed by atoms with E-state index in [4.69, 9.17) is 0 Å². The number of benzene rings is 1. The molecule has 25 heavy (non-hydrogen) atoms. The number of rotatable bonds is 9. The molecule has 2 aromatic rings. The molecule has 1 heterocycles. The molecule has 0 radical (unpaired) electrons. The Hall–Kier alpha value is -0.870. The van der Waals surface area contributed by atoms with Crippen LogP contribution >= 0.6 is 39.0 Å². The third-order valence-electron chi connectivity index (χ3n) is 3.37. The number of sulfonamides is 1. The number of carbonyl (C=O) groups is 1. The summed E-state index contributed by atoms with van der Waals surface area (Å²) < 4.78 is 28.4. The summed E-state index contributed by atoms with van der Waals surface area (Å²) in [6.45, 7) is 0.395. The topological polar surface area (TPSA) is 75.3 Å². The second-order valence-corrected chi connectivity index (χ2v) is 9.85. The molecule has 136 valence electrons. The van der Waals surface area contributed by atoms with Gasteiger partial charge < -0.3 is 5.32 Å². The Morgan fingerprint density at radius 1 is 1.28 bits per heavy atom. The van der Waals surface area contributed by atoms with Gasteiger partial charge in [-0.15, -0.1) is 11.3 Å². The number of carbonyl (C=O) groups excluding carboxylic acids is 1. The van der Waals surface area contributed by atoms with E-state index in [1.165, 1.54) is 12.1 Å². The standard InChI is InChI=1S/C16H19BrN2O3S3/c1-23-10-8-15(16(20)18-11-13-3-2-9-24-13)19-25(21,22)14-6-4-12(17)5-7-14/h2-7,9,15,19H,8,10-11H2,1H3,(H,18,20). The molecule has 0 saturated carbocycles. The van der Waals surface area contributed by atoms with Crippen LogP contribution in [-0.2, 0) is 21.4 Å². The Morgan fingerprint density at radius 2 is 2.00 bits per heavy atom. The molecule has 0 aliphatic rings. The molecule has 5 nitrogen and oxygen atoms in total. The summed E-state index contributed by atoms with van der Waals surface area (Å²) in [5, 5.41) is 4.74. The molecule has 0 aliphatic carbocycles. The molecular weight excluding hydrogens is 444 g/mol. The predicted molar refractivity (Wildman–Crippen MR) is 107 cm³/mol. The van der Waals surface area contributed by atoms with Crippen LogP contribution in [0.2, 0.25) is 0 Å². The van der Waals surface area contributed by atoms with E-state index in [9.17, 15) is 13.2 Å². The van der Waals surface area contributed by atoms with Crippen LogP contribution in [-0.4, -0.2) is 32.4 Å². The van der Waals surface area contributed by atoms with Gasteiger partial charge in [-0.25, -0.2) is 8.42 Å². The van der Waals surface area contributed by atoms with Gasteiger partial charge in [0.05, 0.1) is 11.4 Å². The van der Waals surface area contributed by atoms with Gasteiger partial charge in [-0.05, 0) is 54.1 Å². The Kier molecular flexibility index (Phi) is 7.95. The van der Waals surface area contributed by atoms with Crippen LogP contribution in [0.5, 0.6) is 0 Å². The molecule has 2 rings (SSSR count). The van der Waals surface area contributed by atoms with E-state index >= 15 is 0 Å². The first-order valence-electron chi connectivity index (χ1n) is 7.49. The monoisotopic (exact) mass is 462 g/mol. The maximum atomic E-state index is 12.5. The van der Waals surface area contributed by atoms with Crippen molar-refractivity contribution in [2.45, 2.75) is 23.9 Å². The van der Waals surface area contributed by atoms with Crippen LogP contribution in [0.3, 0.4) is 0 Å². The van der Waals surface area contributed by atoms with Gasteiger partial charge in [0.15, 0.2) is 0 Å². The van der Waals surface area contributed by atoms with Gasteiger partial charge in [-0.3, -0.25) is 4.79 Å². The molecule has 2 N–H and O–H groups in total. The van der Waals surface area contributed by atoms with Crippen molar-refractivity contribution >= 4 is 55.0 Å². The van der Waals surface area contributed by atoms with E-state index in [2.05, 4.69) is 26.0 Å².